The predicted molar refractivity (Wildman–Crippen MR) is 180 cm³/mol. The van der Waals surface area contributed by atoms with E-state index in [0.717, 1.165) is 19.3 Å². The van der Waals surface area contributed by atoms with E-state index in [1.54, 1.807) is 0 Å². The second kappa shape index (κ2) is 21.4. The minimum atomic E-state index is -1.95. The number of hydrogen-bond acceptors (Lipinski definition) is 10. The van der Waals surface area contributed by atoms with E-state index >= 15 is 0 Å². The second-order valence-corrected chi connectivity index (χ2v) is 13.4. The molecule has 0 aliphatic rings. The van der Waals surface area contributed by atoms with Gasteiger partial charge in [-0.1, -0.05) is 79.6 Å². The number of likely N-dealkylation sites (N-methyl/N-ethyl adjacent to an activating group) is 3. The lowest BCUT2D eigenvalue weighted by atomic mass is 9.69. The van der Waals surface area contributed by atoms with E-state index in [1.807, 2.05) is 53.7 Å². The van der Waals surface area contributed by atoms with Gasteiger partial charge >= 0.3 is 0 Å². The van der Waals surface area contributed by atoms with Gasteiger partial charge in [0.05, 0.1) is 46.1 Å². The first-order chi connectivity index (χ1) is 20.6. The van der Waals surface area contributed by atoms with Gasteiger partial charge in [0, 0.05) is 13.1 Å². The van der Waals surface area contributed by atoms with E-state index in [2.05, 4.69) is 11.8 Å². The molecule has 0 aromatic rings. The summed E-state index contributed by atoms with van der Waals surface area (Å²) in [6.07, 6.45) is 1.01. The number of aliphatic hydroxyl groups is 5. The van der Waals surface area contributed by atoms with Gasteiger partial charge in [-0.2, -0.15) is 0 Å². The zero-order chi connectivity index (χ0) is 34.1. The summed E-state index contributed by atoms with van der Waals surface area (Å²) in [6, 6.07) is 0. The molecular weight excluding hydrogens is 562 g/mol. The quantitative estimate of drug-likeness (QED) is 0.0450. The van der Waals surface area contributed by atoms with Gasteiger partial charge in [0.2, 0.25) is 0 Å². The molecule has 0 aliphatic carbocycles. The Morgan fingerprint density at radius 3 is 1.61 bits per heavy atom. The fraction of sp³-hybridized carbons (Fsp3) is 1.00. The van der Waals surface area contributed by atoms with E-state index in [1.165, 1.54) is 38.0 Å². The molecule has 0 amide bonds. The first-order valence-electron chi connectivity index (χ1n) is 17.4. The average Bonchev–Trinajstić information content (AvgIpc) is 2.95. The molecule has 0 aliphatic heterocycles. The second-order valence-electron chi connectivity index (χ2n) is 13.4. The summed E-state index contributed by atoms with van der Waals surface area (Å²) in [4.78, 5) is 5.31. The van der Waals surface area contributed by atoms with Crippen LogP contribution in [0.4, 0.5) is 0 Å². The summed E-state index contributed by atoms with van der Waals surface area (Å²) in [5.74, 6) is 0. The Morgan fingerprint density at radius 1 is 0.705 bits per heavy atom. The monoisotopic (exact) mass is 637 g/mol. The van der Waals surface area contributed by atoms with Crippen molar-refractivity contribution in [3.63, 3.8) is 0 Å². The average molecular weight is 637 g/mol. The molecule has 7 unspecified atom stereocenters. The third-order valence-corrected chi connectivity index (χ3v) is 9.23. The van der Waals surface area contributed by atoms with Crippen LogP contribution in [0.2, 0.25) is 0 Å². The highest BCUT2D eigenvalue weighted by Gasteiger charge is 2.69. The van der Waals surface area contributed by atoms with Crippen LogP contribution in [0.3, 0.4) is 0 Å². The van der Waals surface area contributed by atoms with Crippen molar-refractivity contribution in [2.75, 3.05) is 73.6 Å². The fourth-order valence-electron chi connectivity index (χ4n) is 6.90. The number of aliphatic hydroxyl groups excluding tert-OH is 5. The number of quaternary nitrogens is 1. The largest absolute Gasteiger partial charge is 0.390 e. The van der Waals surface area contributed by atoms with E-state index in [4.69, 9.17) is 10.5 Å². The van der Waals surface area contributed by atoms with Crippen LogP contribution < -0.4 is 5.73 Å². The van der Waals surface area contributed by atoms with Crippen molar-refractivity contribution in [3.8, 4) is 0 Å². The number of rotatable bonds is 27. The summed E-state index contributed by atoms with van der Waals surface area (Å²) >= 11 is 0. The highest BCUT2D eigenvalue weighted by atomic mass is 16.5. The van der Waals surface area contributed by atoms with Crippen molar-refractivity contribution in [2.45, 2.75) is 142 Å². The molecule has 0 heterocycles. The number of hydrogen-bond donors (Lipinski definition) is 6. The highest BCUT2D eigenvalue weighted by molar-refractivity contribution is 5.19. The third-order valence-electron chi connectivity index (χ3n) is 9.23. The van der Waals surface area contributed by atoms with Crippen LogP contribution in [0.1, 0.15) is 99.8 Å². The van der Waals surface area contributed by atoms with Crippen LogP contribution in [0.25, 0.3) is 0 Å². The molecule has 11 heteroatoms. The molecule has 0 aromatic heterocycles. The summed E-state index contributed by atoms with van der Waals surface area (Å²) in [5, 5.41) is 59.9. The van der Waals surface area contributed by atoms with Crippen LogP contribution in [0, 0.1) is 0 Å². The maximum Gasteiger partial charge on any atom is 0.175 e. The highest BCUT2D eigenvalue weighted by Crippen LogP contribution is 2.46. The molecule has 0 radical (unpaired) electrons. The number of unbranched alkanes of at least 4 members (excludes halogenated alkanes) is 6. The minimum Gasteiger partial charge on any atom is -0.390 e. The molecule has 0 saturated heterocycles. The summed E-state index contributed by atoms with van der Waals surface area (Å²) in [6.45, 7) is 15.8. The van der Waals surface area contributed by atoms with E-state index in [-0.39, 0.29) is 26.1 Å². The molecule has 7 atom stereocenters. The van der Waals surface area contributed by atoms with E-state index in [0.29, 0.717) is 43.6 Å². The molecule has 0 rings (SSSR count). The number of ether oxygens (including phenoxy) is 1. The Kier molecular flexibility index (Phi) is 21.2. The van der Waals surface area contributed by atoms with Gasteiger partial charge in [-0.3, -0.25) is 4.90 Å². The molecule has 0 bridgehead atoms. The smallest absolute Gasteiger partial charge is 0.175 e. The summed E-state index contributed by atoms with van der Waals surface area (Å²) < 4.78 is 7.47. The van der Waals surface area contributed by atoms with Crippen molar-refractivity contribution in [1.82, 2.24) is 14.7 Å². The van der Waals surface area contributed by atoms with Crippen molar-refractivity contribution in [3.05, 3.63) is 0 Å². The Balaban J connectivity index is 7.64. The van der Waals surface area contributed by atoms with Gasteiger partial charge in [0.15, 0.2) is 5.72 Å². The standard InChI is InChI=1S/C33H74N5O6/c1-11-16-17-18-19-20-21-22-29(41)33(37(27(6)39)28(7)40,44-24-23-38(8,9)10)32(30(42)25-34,36(14-4)15-5)31(43)26-35(12-2)13-3/h27-31,39-43H,11-26,34H2,1-10H3/q+1. The van der Waals surface area contributed by atoms with Gasteiger partial charge in [0.25, 0.3) is 0 Å². The fourth-order valence-corrected chi connectivity index (χ4v) is 6.90. The first-order valence-corrected chi connectivity index (χ1v) is 17.4. The SMILES string of the molecule is CCCCCCCCCC(O)C(OCC[N+](C)(C)C)(N(C(C)O)C(C)O)C(C(O)CN)(C(O)CN(CC)CC)N(CC)CC. The van der Waals surface area contributed by atoms with Crippen LogP contribution in [-0.2, 0) is 4.74 Å². The molecular formula is C33H74N5O6+. The van der Waals surface area contributed by atoms with Crippen molar-refractivity contribution in [1.29, 1.82) is 0 Å². The van der Waals surface area contributed by atoms with Crippen molar-refractivity contribution in [2.24, 2.45) is 5.73 Å². The van der Waals surface area contributed by atoms with Gasteiger partial charge in [-0.25, -0.2) is 4.90 Å². The van der Waals surface area contributed by atoms with Crippen molar-refractivity contribution < 1.29 is 34.8 Å². The van der Waals surface area contributed by atoms with E-state index < -0.39 is 42.0 Å². The molecule has 44 heavy (non-hydrogen) atoms. The van der Waals surface area contributed by atoms with Crippen LogP contribution in [0.15, 0.2) is 0 Å². The molecule has 266 valence electrons. The Morgan fingerprint density at radius 2 is 1.20 bits per heavy atom. The topological polar surface area (TPSA) is 146 Å². The van der Waals surface area contributed by atoms with Gasteiger partial charge in [0.1, 0.15) is 24.5 Å². The van der Waals surface area contributed by atoms with Crippen LogP contribution in [0.5, 0.6) is 0 Å². The molecule has 0 saturated carbocycles. The normalized spacial score (nSPS) is 19.2. The molecule has 0 fully saturated rings. The van der Waals surface area contributed by atoms with Gasteiger partial charge in [-0.15, -0.1) is 0 Å². The lowest BCUT2D eigenvalue weighted by molar-refractivity contribution is -0.871. The summed E-state index contributed by atoms with van der Waals surface area (Å²) in [5.41, 5.74) is 2.58. The van der Waals surface area contributed by atoms with E-state index in [9.17, 15) is 25.5 Å². The maximum absolute atomic E-state index is 12.5. The lowest BCUT2D eigenvalue weighted by Gasteiger charge is -2.64. The van der Waals surface area contributed by atoms with Gasteiger partial charge < -0.3 is 45.4 Å². The molecule has 0 aromatic carbocycles. The zero-order valence-electron chi connectivity index (χ0n) is 30.2. The van der Waals surface area contributed by atoms with Crippen LogP contribution >= 0.6 is 0 Å². The Bertz CT molecular complexity index is 711. The molecule has 11 nitrogen and oxygen atoms in total. The summed E-state index contributed by atoms with van der Waals surface area (Å²) in [7, 11) is 6.09. The molecule has 0 spiro atoms. The third kappa shape index (κ3) is 11.4. The number of nitrogens with two attached hydrogens (primary N) is 1. The van der Waals surface area contributed by atoms with Crippen molar-refractivity contribution >= 4 is 0 Å². The first kappa shape index (κ1) is 43.6. The Labute approximate surface area is 270 Å². The Hall–Kier alpha value is -0.440. The van der Waals surface area contributed by atoms with Gasteiger partial charge in [-0.05, 0) is 46.4 Å². The lowest BCUT2D eigenvalue weighted by Crippen LogP contribution is -2.86. The molecule has 7 N–H and O–H groups in total. The number of nitrogens with zero attached hydrogens (tertiary/aromatic N) is 4. The minimum absolute atomic E-state index is 0.131. The predicted octanol–water partition coefficient (Wildman–Crippen LogP) is 1.99. The van der Waals surface area contributed by atoms with Crippen LogP contribution in [-0.4, -0.2) is 160 Å². The maximum atomic E-state index is 12.5. The zero-order valence-corrected chi connectivity index (χ0v) is 30.2.